The first-order valence-electron chi connectivity index (χ1n) is 11.6. The number of anilines is 1. The van der Waals surface area contributed by atoms with Gasteiger partial charge in [0.1, 0.15) is 0 Å². The molecule has 0 aliphatic rings. The number of hydrogen-bond acceptors (Lipinski definition) is 6. The van der Waals surface area contributed by atoms with E-state index in [2.05, 4.69) is 84.0 Å². The van der Waals surface area contributed by atoms with E-state index in [9.17, 15) is 18.0 Å². The molecule has 4 aromatic carbocycles. The van der Waals surface area contributed by atoms with Crippen LogP contribution in [0.15, 0.2) is 118 Å². The molecule has 206 valence electrons. The highest BCUT2D eigenvalue weighted by Crippen LogP contribution is 2.31. The van der Waals surface area contributed by atoms with Gasteiger partial charge >= 0.3 is 5.51 Å². The standard InChI is InChI=1S/C27H20N2OS2.CHF3O3S/c1-19-12-17-24-25(18-19)31-27(28-24)29-26(30)20-13-15-23(16-14-20)32(21-8-4-2-5-9-21)22-10-6-3-7-11-22;2-1(3,4)8(5,6)7/h2-18H,1H3;(H,5,6,7). The maximum absolute atomic E-state index is 12.8. The first kappa shape index (κ1) is 29.3. The number of rotatable bonds is 5. The lowest BCUT2D eigenvalue weighted by atomic mass is 10.2. The zero-order valence-corrected chi connectivity index (χ0v) is 23.2. The Morgan fingerprint density at radius 2 is 1.35 bits per heavy atom. The number of carbonyl (C=O) groups is 1. The maximum Gasteiger partial charge on any atom is 0.485 e. The molecule has 0 saturated carbocycles. The van der Waals surface area contributed by atoms with Gasteiger partial charge in [-0.3, -0.25) is 10.1 Å². The second kappa shape index (κ2) is 12.2. The van der Waals surface area contributed by atoms with Crippen molar-refractivity contribution < 1.29 is 30.9 Å². The van der Waals surface area contributed by atoms with Gasteiger partial charge in [0.25, 0.3) is 5.91 Å². The average molecular weight is 603 g/mol. The number of benzene rings is 4. The SMILES string of the molecule is Cc1ccc2nc(NC(=O)c3ccc([S+](c4ccccc4)c4ccccc4)cc3)sc2c1.O=S(=O)([O-])C(F)(F)F. The minimum atomic E-state index is -6.09. The van der Waals surface area contributed by atoms with Gasteiger partial charge in [-0.25, -0.2) is 13.4 Å². The number of aryl methyl sites for hydroxylation is 1. The molecule has 0 aliphatic heterocycles. The fourth-order valence-corrected chi connectivity index (χ4v) is 6.56. The van der Waals surface area contributed by atoms with Crippen LogP contribution < -0.4 is 5.32 Å². The monoisotopic (exact) mass is 602 g/mol. The summed E-state index contributed by atoms with van der Waals surface area (Å²) in [5.41, 5.74) is -2.94. The number of alkyl halides is 3. The molecule has 1 heterocycles. The number of nitrogens with zero attached hydrogens (tertiary/aromatic N) is 1. The number of nitrogens with one attached hydrogen (secondary N) is 1. The van der Waals surface area contributed by atoms with Gasteiger partial charge in [0, 0.05) is 5.56 Å². The molecule has 0 atom stereocenters. The van der Waals surface area contributed by atoms with Crippen LogP contribution in [0.2, 0.25) is 0 Å². The predicted octanol–water partition coefficient (Wildman–Crippen LogP) is 7.00. The van der Waals surface area contributed by atoms with Crippen LogP contribution in [-0.2, 0) is 21.0 Å². The smallest absolute Gasteiger partial charge is 0.485 e. The normalized spacial score (nSPS) is 11.7. The Balaban J connectivity index is 0.000000406. The third-order valence-corrected chi connectivity index (χ3v) is 9.09. The van der Waals surface area contributed by atoms with E-state index in [1.165, 1.54) is 31.6 Å². The third kappa shape index (κ3) is 7.27. The molecule has 0 unspecified atom stereocenters. The first-order valence-corrected chi connectivity index (χ1v) is 15.0. The Morgan fingerprint density at radius 1 is 0.850 bits per heavy atom. The number of amides is 1. The fourth-order valence-electron chi connectivity index (χ4n) is 3.52. The Morgan fingerprint density at radius 3 is 1.85 bits per heavy atom. The van der Waals surface area contributed by atoms with E-state index < -0.39 is 15.6 Å². The molecule has 1 amide bonds. The van der Waals surface area contributed by atoms with E-state index in [1.807, 2.05) is 36.4 Å². The van der Waals surface area contributed by atoms with Gasteiger partial charge in [0.05, 0.1) is 21.1 Å². The van der Waals surface area contributed by atoms with Gasteiger partial charge in [-0.2, -0.15) is 13.2 Å². The Kier molecular flexibility index (Phi) is 8.94. The van der Waals surface area contributed by atoms with Crippen LogP contribution in [0, 0.1) is 6.92 Å². The summed E-state index contributed by atoms with van der Waals surface area (Å²) in [6, 6.07) is 35.0. The molecule has 5 rings (SSSR count). The van der Waals surface area contributed by atoms with Gasteiger partial charge in [-0.05, 0) is 73.2 Å². The number of aromatic nitrogens is 1. The van der Waals surface area contributed by atoms with Crippen LogP contribution in [0.5, 0.6) is 0 Å². The lowest BCUT2D eigenvalue weighted by Crippen LogP contribution is -2.21. The minimum Gasteiger partial charge on any atom is -0.741 e. The zero-order valence-electron chi connectivity index (χ0n) is 20.8. The average Bonchev–Trinajstić information content (AvgIpc) is 3.31. The number of halogens is 3. The topological polar surface area (TPSA) is 99.2 Å². The van der Waals surface area contributed by atoms with Crippen LogP contribution in [0.25, 0.3) is 10.2 Å². The second-order valence-corrected chi connectivity index (χ2v) is 12.7. The van der Waals surface area contributed by atoms with Gasteiger partial charge in [-0.1, -0.05) is 53.8 Å². The van der Waals surface area contributed by atoms with E-state index in [0.29, 0.717) is 10.7 Å². The second-order valence-electron chi connectivity index (χ2n) is 8.30. The molecule has 1 N–H and O–H groups in total. The van der Waals surface area contributed by atoms with Crippen molar-refractivity contribution in [3.63, 3.8) is 0 Å². The van der Waals surface area contributed by atoms with Gasteiger partial charge < -0.3 is 4.55 Å². The van der Waals surface area contributed by atoms with Crippen molar-refractivity contribution in [2.75, 3.05) is 5.32 Å². The van der Waals surface area contributed by atoms with Crippen molar-refractivity contribution in [3.05, 3.63) is 114 Å². The van der Waals surface area contributed by atoms with E-state index in [-0.39, 0.29) is 16.8 Å². The summed E-state index contributed by atoms with van der Waals surface area (Å²) >= 11 is 1.50. The summed E-state index contributed by atoms with van der Waals surface area (Å²) in [5.74, 6) is -0.147. The van der Waals surface area contributed by atoms with Gasteiger partial charge in [0.2, 0.25) is 0 Å². The predicted molar refractivity (Wildman–Crippen MR) is 150 cm³/mol. The van der Waals surface area contributed by atoms with Crippen LogP contribution in [0.3, 0.4) is 0 Å². The third-order valence-electron chi connectivity index (χ3n) is 5.36. The molecule has 0 radical (unpaired) electrons. The number of hydrogen-bond donors (Lipinski definition) is 1. The quantitative estimate of drug-likeness (QED) is 0.133. The highest BCUT2D eigenvalue weighted by atomic mass is 32.2. The molecule has 0 fully saturated rings. The molecule has 40 heavy (non-hydrogen) atoms. The highest BCUT2D eigenvalue weighted by molar-refractivity contribution is 7.97. The lowest BCUT2D eigenvalue weighted by molar-refractivity contribution is -0.0517. The Labute approximate surface area is 235 Å². The largest absolute Gasteiger partial charge is 0.741 e. The number of carbonyl (C=O) groups excluding carboxylic acids is 1. The van der Waals surface area contributed by atoms with E-state index in [1.54, 1.807) is 0 Å². The molecule has 0 saturated heterocycles. The molecule has 6 nitrogen and oxygen atoms in total. The molecule has 12 heteroatoms. The molecular weight excluding hydrogens is 582 g/mol. The summed E-state index contributed by atoms with van der Waals surface area (Å²) in [4.78, 5) is 21.0. The van der Waals surface area contributed by atoms with Crippen molar-refractivity contribution in [2.45, 2.75) is 27.1 Å². The van der Waals surface area contributed by atoms with E-state index in [4.69, 9.17) is 13.0 Å². The summed E-state index contributed by atoms with van der Waals surface area (Å²) < 4.78 is 60.0. The maximum atomic E-state index is 12.8. The van der Waals surface area contributed by atoms with Gasteiger partial charge in [-0.15, -0.1) is 0 Å². The van der Waals surface area contributed by atoms with Gasteiger partial charge in [0.15, 0.2) is 29.9 Å². The van der Waals surface area contributed by atoms with Crippen molar-refractivity contribution in [2.24, 2.45) is 0 Å². The van der Waals surface area contributed by atoms with Crippen LogP contribution in [0.4, 0.5) is 18.3 Å². The van der Waals surface area contributed by atoms with Crippen molar-refractivity contribution >= 4 is 53.6 Å². The van der Waals surface area contributed by atoms with Crippen LogP contribution in [-0.4, -0.2) is 29.4 Å². The van der Waals surface area contributed by atoms with Crippen molar-refractivity contribution in [1.82, 2.24) is 4.98 Å². The Bertz CT molecular complexity index is 1670. The summed E-state index contributed by atoms with van der Waals surface area (Å²) in [6.07, 6.45) is 0. The van der Waals surface area contributed by atoms with Crippen LogP contribution >= 0.6 is 11.3 Å². The van der Waals surface area contributed by atoms with Crippen molar-refractivity contribution in [3.8, 4) is 0 Å². The molecule has 0 bridgehead atoms. The molecule has 0 spiro atoms. The number of thiazole rings is 1. The number of fused-ring (bicyclic) bond motifs is 1. The summed E-state index contributed by atoms with van der Waals surface area (Å²) in [5, 5.41) is 3.57. The fraction of sp³-hybridized carbons (Fsp3) is 0.0714. The van der Waals surface area contributed by atoms with Crippen molar-refractivity contribution in [1.29, 1.82) is 0 Å². The molecule has 0 aliphatic carbocycles. The molecule has 5 aromatic rings. The minimum absolute atomic E-state index is 0.147. The molecule has 1 aromatic heterocycles. The van der Waals surface area contributed by atoms with Crippen LogP contribution in [0.1, 0.15) is 15.9 Å². The first-order chi connectivity index (χ1) is 18.9. The Hall–Kier alpha value is -3.71. The summed E-state index contributed by atoms with van der Waals surface area (Å²) in [7, 11) is -6.32. The highest BCUT2D eigenvalue weighted by Gasteiger charge is 2.37. The summed E-state index contributed by atoms with van der Waals surface area (Å²) in [6.45, 7) is 2.05. The lowest BCUT2D eigenvalue weighted by Gasteiger charge is -2.08. The van der Waals surface area contributed by atoms with E-state index in [0.717, 1.165) is 10.2 Å². The van der Waals surface area contributed by atoms with E-state index >= 15 is 0 Å². The molecular formula is C28H21F3N2O4S3. The zero-order chi connectivity index (χ0) is 28.9.